The molecule has 0 saturated heterocycles. The zero-order valence-corrected chi connectivity index (χ0v) is 19.0. The summed E-state index contributed by atoms with van der Waals surface area (Å²) in [6.07, 6.45) is 5.67. The summed E-state index contributed by atoms with van der Waals surface area (Å²) in [7, 11) is -3.35. The molecule has 3 heterocycles. The minimum atomic E-state index is -3.35. The second kappa shape index (κ2) is 8.26. The lowest BCUT2D eigenvalue weighted by molar-refractivity contribution is 0.102. The summed E-state index contributed by atoms with van der Waals surface area (Å²) in [5.41, 5.74) is 2.56. The fraction of sp³-hybridized carbons (Fsp3) is 0.348. The van der Waals surface area contributed by atoms with Gasteiger partial charge in [-0.3, -0.25) is 9.10 Å². The molecule has 0 unspecified atom stereocenters. The summed E-state index contributed by atoms with van der Waals surface area (Å²) in [6, 6.07) is 9.36. The average molecular weight is 470 g/mol. The van der Waals surface area contributed by atoms with Gasteiger partial charge in [0.1, 0.15) is 11.6 Å². The van der Waals surface area contributed by atoms with Gasteiger partial charge in [-0.05, 0) is 61.2 Å². The fourth-order valence-corrected chi connectivity index (χ4v) is 5.48. The number of nitrogens with zero attached hydrogens (tertiary/aromatic N) is 4. The molecule has 0 radical (unpaired) electrons. The zero-order valence-electron chi connectivity index (χ0n) is 18.2. The lowest BCUT2D eigenvalue weighted by Crippen LogP contribution is -2.27. The number of hydrogen-bond donors (Lipinski definition) is 1. The smallest absolute Gasteiger partial charge is 0.255 e. The second-order valence-electron chi connectivity index (χ2n) is 8.48. The maximum Gasteiger partial charge on any atom is 0.255 e. The molecular weight excluding hydrogens is 445 g/mol. The van der Waals surface area contributed by atoms with E-state index in [1.165, 1.54) is 22.7 Å². The van der Waals surface area contributed by atoms with E-state index >= 15 is 0 Å². The van der Waals surface area contributed by atoms with Gasteiger partial charge in [-0.15, -0.1) is 10.2 Å². The van der Waals surface area contributed by atoms with Gasteiger partial charge in [-0.2, -0.15) is 0 Å². The van der Waals surface area contributed by atoms with Crippen LogP contribution in [0.3, 0.4) is 0 Å². The van der Waals surface area contributed by atoms with Gasteiger partial charge < -0.3 is 9.88 Å². The Balaban J connectivity index is 1.40. The Kier molecular flexibility index (Phi) is 5.40. The summed E-state index contributed by atoms with van der Waals surface area (Å²) >= 11 is 0. The van der Waals surface area contributed by atoms with Gasteiger partial charge in [0, 0.05) is 30.8 Å². The van der Waals surface area contributed by atoms with Crippen LogP contribution in [0.25, 0.3) is 11.4 Å². The van der Waals surface area contributed by atoms with Crippen molar-refractivity contribution in [1.82, 2.24) is 14.8 Å². The van der Waals surface area contributed by atoms with E-state index in [1.54, 1.807) is 24.3 Å². The van der Waals surface area contributed by atoms with Crippen LogP contribution < -0.4 is 9.62 Å². The number of halogens is 1. The molecule has 1 aromatic heterocycles. The highest BCUT2D eigenvalue weighted by molar-refractivity contribution is 7.92. The van der Waals surface area contributed by atoms with Gasteiger partial charge in [0.25, 0.3) is 5.91 Å². The molecule has 3 aromatic rings. The van der Waals surface area contributed by atoms with Crippen LogP contribution in [0, 0.1) is 5.82 Å². The van der Waals surface area contributed by atoms with E-state index < -0.39 is 15.8 Å². The minimum absolute atomic E-state index is 0.297. The Morgan fingerprint density at radius 3 is 2.70 bits per heavy atom. The molecule has 0 atom stereocenters. The monoisotopic (exact) mass is 469 g/mol. The molecule has 10 heteroatoms. The van der Waals surface area contributed by atoms with E-state index in [0.717, 1.165) is 43.6 Å². The molecule has 1 N–H and O–H groups in total. The molecule has 0 fully saturated rings. The lowest BCUT2D eigenvalue weighted by Gasteiger charge is -2.16. The summed E-state index contributed by atoms with van der Waals surface area (Å²) in [4.78, 5) is 12.9. The Morgan fingerprint density at radius 2 is 1.88 bits per heavy atom. The number of carbonyl (C=O) groups excluding carboxylic acids is 1. The van der Waals surface area contributed by atoms with E-state index in [1.807, 2.05) is 4.57 Å². The number of sulfonamides is 1. The van der Waals surface area contributed by atoms with Gasteiger partial charge in [-0.1, -0.05) is 6.42 Å². The maximum atomic E-state index is 14.7. The third-order valence-electron chi connectivity index (χ3n) is 6.17. The van der Waals surface area contributed by atoms with Crippen LogP contribution in [0.2, 0.25) is 0 Å². The van der Waals surface area contributed by atoms with E-state index in [9.17, 15) is 17.6 Å². The second-order valence-corrected chi connectivity index (χ2v) is 10.4. The summed E-state index contributed by atoms with van der Waals surface area (Å²) in [6.45, 7) is 1.11. The highest BCUT2D eigenvalue weighted by atomic mass is 32.2. The summed E-state index contributed by atoms with van der Waals surface area (Å²) in [5.74, 6) is 0.551. The normalized spacial score (nSPS) is 15.6. The van der Waals surface area contributed by atoms with Gasteiger partial charge in [0.2, 0.25) is 10.0 Å². The number of amides is 1. The number of anilines is 2. The number of hydrogen-bond acceptors (Lipinski definition) is 5. The predicted octanol–water partition coefficient (Wildman–Crippen LogP) is 3.39. The number of benzene rings is 2. The molecular formula is C23H24FN5O3S. The van der Waals surface area contributed by atoms with E-state index in [0.29, 0.717) is 41.3 Å². The van der Waals surface area contributed by atoms with Gasteiger partial charge >= 0.3 is 0 Å². The van der Waals surface area contributed by atoms with Crippen LogP contribution in [0.5, 0.6) is 0 Å². The molecule has 5 rings (SSSR count). The molecule has 1 amide bonds. The fourth-order valence-electron chi connectivity index (χ4n) is 4.52. The number of carbonyl (C=O) groups is 1. The first-order chi connectivity index (χ1) is 15.8. The number of aryl methyl sites for hydroxylation is 1. The molecule has 172 valence electrons. The average Bonchev–Trinajstić information content (AvgIpc) is 3.31. The molecule has 0 saturated carbocycles. The summed E-state index contributed by atoms with van der Waals surface area (Å²) < 4.78 is 41.9. The van der Waals surface area contributed by atoms with Crippen molar-refractivity contribution in [2.24, 2.45) is 0 Å². The molecule has 0 spiro atoms. The predicted molar refractivity (Wildman–Crippen MR) is 123 cm³/mol. The topological polar surface area (TPSA) is 97.2 Å². The van der Waals surface area contributed by atoms with Crippen molar-refractivity contribution >= 4 is 27.3 Å². The third kappa shape index (κ3) is 4.10. The van der Waals surface area contributed by atoms with Gasteiger partial charge in [-0.25, -0.2) is 12.8 Å². The Bertz CT molecular complexity index is 1350. The van der Waals surface area contributed by atoms with Gasteiger partial charge in [0.05, 0.1) is 17.5 Å². The first-order valence-corrected chi connectivity index (χ1v) is 12.8. The van der Waals surface area contributed by atoms with Crippen molar-refractivity contribution in [3.63, 3.8) is 0 Å². The molecule has 2 aromatic carbocycles. The Labute approximate surface area is 191 Å². The number of aromatic nitrogens is 3. The van der Waals surface area contributed by atoms with Crippen LogP contribution in [-0.4, -0.2) is 41.9 Å². The summed E-state index contributed by atoms with van der Waals surface area (Å²) in [5, 5.41) is 11.3. The molecule has 2 aliphatic rings. The largest absolute Gasteiger partial charge is 0.322 e. The number of fused-ring (bicyclic) bond motifs is 2. The molecule has 0 aliphatic carbocycles. The van der Waals surface area contributed by atoms with Crippen LogP contribution >= 0.6 is 0 Å². The Morgan fingerprint density at radius 1 is 1.03 bits per heavy atom. The van der Waals surface area contributed by atoms with Crippen molar-refractivity contribution in [2.75, 3.05) is 22.4 Å². The Hall–Kier alpha value is -3.27. The van der Waals surface area contributed by atoms with Gasteiger partial charge in [0.15, 0.2) is 5.82 Å². The lowest BCUT2D eigenvalue weighted by atomic mass is 10.1. The first-order valence-electron chi connectivity index (χ1n) is 11.0. The van der Waals surface area contributed by atoms with Crippen LogP contribution in [0.4, 0.5) is 15.8 Å². The zero-order chi connectivity index (χ0) is 23.2. The van der Waals surface area contributed by atoms with E-state index in [2.05, 4.69) is 15.5 Å². The van der Waals surface area contributed by atoms with Crippen molar-refractivity contribution in [1.29, 1.82) is 0 Å². The third-order valence-corrected chi connectivity index (χ3v) is 7.35. The highest BCUT2D eigenvalue weighted by Crippen LogP contribution is 2.31. The quantitative estimate of drug-likeness (QED) is 0.632. The standard InChI is InChI=1S/C23H24FN5O3S/c1-33(31,32)29-12-10-15-13-16(6-9-20(15)29)23(30)25-17-7-8-19(24)18(14-17)22-27-26-21-5-3-2-4-11-28(21)22/h6-9,13-14H,2-5,10-12H2,1H3,(H,25,30). The van der Waals surface area contributed by atoms with E-state index in [4.69, 9.17) is 0 Å². The maximum absolute atomic E-state index is 14.7. The van der Waals surface area contributed by atoms with Crippen molar-refractivity contribution in [3.05, 3.63) is 59.2 Å². The minimum Gasteiger partial charge on any atom is -0.322 e. The molecule has 0 bridgehead atoms. The first kappa shape index (κ1) is 21.6. The van der Waals surface area contributed by atoms with Crippen molar-refractivity contribution in [3.8, 4) is 11.4 Å². The number of nitrogens with one attached hydrogen (secondary N) is 1. The highest BCUT2D eigenvalue weighted by Gasteiger charge is 2.27. The molecule has 2 aliphatic heterocycles. The number of rotatable bonds is 4. The molecule has 33 heavy (non-hydrogen) atoms. The van der Waals surface area contributed by atoms with Crippen LogP contribution in [0.1, 0.15) is 41.0 Å². The van der Waals surface area contributed by atoms with E-state index in [-0.39, 0.29) is 5.91 Å². The van der Waals surface area contributed by atoms with Crippen LogP contribution in [-0.2, 0) is 29.4 Å². The molecule has 8 nitrogen and oxygen atoms in total. The SMILES string of the molecule is CS(=O)(=O)N1CCc2cc(C(=O)Nc3ccc(F)c(-c4nnc5n4CCCCC5)c3)ccc21. The van der Waals surface area contributed by atoms with Crippen LogP contribution in [0.15, 0.2) is 36.4 Å². The van der Waals surface area contributed by atoms with Crippen molar-refractivity contribution in [2.45, 2.75) is 38.6 Å². The van der Waals surface area contributed by atoms with Crippen molar-refractivity contribution < 1.29 is 17.6 Å².